The Labute approximate surface area is 349 Å². The van der Waals surface area contributed by atoms with E-state index in [2.05, 4.69) is 21.9 Å². The number of alkyl halides is 3. The number of thioether (sulfide) groups is 1. The third-order valence-corrected chi connectivity index (χ3v) is 13.4. The molecule has 1 saturated heterocycles. The lowest BCUT2D eigenvalue weighted by Gasteiger charge is -2.37. The number of benzene rings is 4. The van der Waals surface area contributed by atoms with Crippen molar-refractivity contribution in [2.24, 2.45) is 5.14 Å². The molecule has 2 N–H and O–H groups in total. The Morgan fingerprint density at radius 1 is 0.879 bits per heavy atom. The van der Waals surface area contributed by atoms with E-state index in [1.807, 2.05) is 74.4 Å². The Hall–Kier alpha value is -4.01. The monoisotopic (exact) mass is 853 g/mol. The number of amides is 1. The highest BCUT2D eigenvalue weighted by Crippen LogP contribution is 2.41. The summed E-state index contributed by atoms with van der Waals surface area (Å²) in [6.07, 6.45) is 1.11. The van der Waals surface area contributed by atoms with Crippen LogP contribution in [0.4, 0.5) is 30.2 Å². The molecule has 0 bridgehead atoms. The third-order valence-electron chi connectivity index (χ3n) is 11.0. The van der Waals surface area contributed by atoms with Gasteiger partial charge in [-0.25, -0.2) is 13.6 Å². The zero-order valence-electron chi connectivity index (χ0n) is 33.1. The van der Waals surface area contributed by atoms with Crippen molar-refractivity contribution in [1.29, 1.82) is 0 Å². The molecule has 0 spiro atoms. The number of carbonyl (C=O) groups is 1. The molecule has 1 aliphatic carbocycles. The maximum atomic E-state index is 14.7. The van der Waals surface area contributed by atoms with Crippen molar-refractivity contribution in [3.63, 3.8) is 0 Å². The molecule has 8 nitrogen and oxygen atoms in total. The molecular weight excluding hydrogens is 803 g/mol. The predicted octanol–water partition coefficient (Wildman–Crippen LogP) is 9.83. The van der Waals surface area contributed by atoms with E-state index in [0.717, 1.165) is 79.0 Å². The maximum Gasteiger partial charge on any atom is 0.418 e. The summed E-state index contributed by atoms with van der Waals surface area (Å²) in [6.45, 7) is 6.06. The highest BCUT2D eigenvalue weighted by Gasteiger charge is 2.39. The Morgan fingerprint density at radius 3 is 2.19 bits per heavy atom. The van der Waals surface area contributed by atoms with Gasteiger partial charge in [-0.05, 0) is 110 Å². The van der Waals surface area contributed by atoms with Gasteiger partial charge in [0, 0.05) is 85.5 Å². The molecule has 1 amide bonds. The number of sulfonamides is 1. The number of hydrogen-bond donors (Lipinski definition) is 1. The van der Waals surface area contributed by atoms with E-state index in [1.165, 1.54) is 52.6 Å². The summed E-state index contributed by atoms with van der Waals surface area (Å²) >= 11 is 7.64. The topological polar surface area (TPSA) is 90.2 Å². The molecule has 4 aromatic rings. The van der Waals surface area contributed by atoms with Crippen molar-refractivity contribution in [3.8, 4) is 0 Å². The van der Waals surface area contributed by atoms with E-state index in [0.29, 0.717) is 12.5 Å². The number of rotatable bonds is 13. The molecule has 1 heterocycles. The number of hydrogen-bond acceptors (Lipinski definition) is 7. The molecule has 6 rings (SSSR count). The average molecular weight is 855 g/mol. The zero-order chi connectivity index (χ0) is 41.6. The molecule has 2 aliphatic rings. The molecule has 58 heavy (non-hydrogen) atoms. The van der Waals surface area contributed by atoms with E-state index in [4.69, 9.17) is 16.7 Å². The van der Waals surface area contributed by atoms with Crippen molar-refractivity contribution >= 4 is 61.9 Å². The summed E-state index contributed by atoms with van der Waals surface area (Å²) in [5.41, 5.74) is 4.60. The van der Waals surface area contributed by atoms with Gasteiger partial charge in [0.05, 0.1) is 16.1 Å². The second-order valence-corrected chi connectivity index (χ2v) is 18.2. The fourth-order valence-electron chi connectivity index (χ4n) is 7.82. The van der Waals surface area contributed by atoms with E-state index in [-0.39, 0.29) is 11.3 Å². The first-order chi connectivity index (χ1) is 27.6. The van der Waals surface area contributed by atoms with Crippen molar-refractivity contribution in [1.82, 2.24) is 4.90 Å². The van der Waals surface area contributed by atoms with E-state index >= 15 is 0 Å². The molecule has 1 fully saturated rings. The van der Waals surface area contributed by atoms with Crippen LogP contribution >= 0.6 is 23.4 Å². The molecule has 14 heteroatoms. The smallest absolute Gasteiger partial charge is 0.377 e. The number of anilines is 3. The molecule has 4 aromatic carbocycles. The average Bonchev–Trinajstić information content (AvgIpc) is 3.44. The van der Waals surface area contributed by atoms with Crippen LogP contribution in [0.1, 0.15) is 66.9 Å². The lowest BCUT2D eigenvalue weighted by atomic mass is 9.95. The van der Waals surface area contributed by atoms with Crippen LogP contribution in [0.25, 0.3) is 5.57 Å². The molecule has 1 atom stereocenters. The molecular formula is C44H51ClF3N5O3S2. The minimum atomic E-state index is -4.98. The van der Waals surface area contributed by atoms with Gasteiger partial charge in [-0.3, -0.25) is 9.69 Å². The molecule has 0 aromatic heterocycles. The Balaban J connectivity index is 1.23. The van der Waals surface area contributed by atoms with Crippen LogP contribution in [-0.2, 0) is 16.2 Å². The van der Waals surface area contributed by atoms with Crippen LogP contribution < -0.4 is 19.8 Å². The van der Waals surface area contributed by atoms with Gasteiger partial charge in [0.25, 0.3) is 5.91 Å². The normalized spacial score (nSPS) is 16.2. The summed E-state index contributed by atoms with van der Waals surface area (Å²) in [4.78, 5) is 22.7. The second kappa shape index (κ2) is 18.9. The van der Waals surface area contributed by atoms with Gasteiger partial charge in [0.1, 0.15) is 0 Å². The fourth-order valence-corrected chi connectivity index (χ4v) is 9.81. The summed E-state index contributed by atoms with van der Waals surface area (Å²) in [7, 11) is -0.634. The highest BCUT2D eigenvalue weighted by atomic mass is 35.5. The largest absolute Gasteiger partial charge is 0.418 e. The first-order valence-electron chi connectivity index (χ1n) is 19.6. The van der Waals surface area contributed by atoms with Crippen LogP contribution in [0.15, 0.2) is 106 Å². The number of allylic oxidation sites excluding steroid dienone is 1. The third kappa shape index (κ3) is 10.6. The van der Waals surface area contributed by atoms with Crippen LogP contribution in [-0.4, -0.2) is 77.8 Å². The molecule has 0 saturated carbocycles. The van der Waals surface area contributed by atoms with Crippen LogP contribution in [0.5, 0.6) is 0 Å². The number of halogens is 4. The van der Waals surface area contributed by atoms with Gasteiger partial charge in [0.15, 0.2) is 0 Å². The summed E-state index contributed by atoms with van der Waals surface area (Å²) in [6, 6.07) is 24.8. The van der Waals surface area contributed by atoms with Crippen molar-refractivity contribution in [2.45, 2.75) is 67.5 Å². The van der Waals surface area contributed by atoms with Gasteiger partial charge in [-0.15, -0.1) is 11.8 Å². The minimum Gasteiger partial charge on any atom is -0.377 e. The minimum absolute atomic E-state index is 0.221. The quantitative estimate of drug-likeness (QED) is 0.134. The number of piperazine rings is 1. The Morgan fingerprint density at radius 2 is 1.55 bits per heavy atom. The van der Waals surface area contributed by atoms with Crippen molar-refractivity contribution in [2.75, 3.05) is 67.3 Å². The fraction of sp³-hybridized carbons (Fsp3) is 0.386. The Bertz CT molecular complexity index is 2190. The Kier molecular flexibility index (Phi) is 14.2. The van der Waals surface area contributed by atoms with Gasteiger partial charge in [-0.2, -0.15) is 13.2 Å². The second-order valence-electron chi connectivity index (χ2n) is 15.1. The SMILES string of the molecule is CC[C@H](CSc1ccccc1N(C)C)N(C(=O)c1ccc(N2CCN(CC3=C(c4ccc(Cl)cc4)CCCCC3)CC2)cc1)c1ccc(S(N)(=O)=O)cc1C(F)(F)F. The number of nitrogens with zero attached hydrogens (tertiary/aromatic N) is 4. The number of nitrogens with two attached hydrogens (primary N) is 1. The summed E-state index contributed by atoms with van der Waals surface area (Å²) < 4.78 is 68.6. The predicted molar refractivity (Wildman–Crippen MR) is 232 cm³/mol. The summed E-state index contributed by atoms with van der Waals surface area (Å²) in [5.74, 6) is -0.339. The van der Waals surface area contributed by atoms with Gasteiger partial charge >= 0.3 is 6.18 Å². The molecule has 0 unspecified atom stereocenters. The summed E-state index contributed by atoms with van der Waals surface area (Å²) in [5, 5.41) is 5.99. The zero-order valence-corrected chi connectivity index (χ0v) is 35.5. The van der Waals surface area contributed by atoms with Crippen molar-refractivity contribution in [3.05, 3.63) is 118 Å². The van der Waals surface area contributed by atoms with E-state index in [9.17, 15) is 26.4 Å². The first kappa shape index (κ1) is 43.6. The highest BCUT2D eigenvalue weighted by molar-refractivity contribution is 7.99. The number of primary sulfonamides is 1. The van der Waals surface area contributed by atoms with Crippen molar-refractivity contribution < 1.29 is 26.4 Å². The van der Waals surface area contributed by atoms with E-state index in [1.54, 1.807) is 12.1 Å². The molecule has 310 valence electrons. The lowest BCUT2D eigenvalue weighted by molar-refractivity contribution is -0.137. The van der Waals surface area contributed by atoms with Crippen LogP contribution in [0.3, 0.4) is 0 Å². The van der Waals surface area contributed by atoms with Crippen LogP contribution in [0.2, 0.25) is 5.02 Å². The first-order valence-corrected chi connectivity index (χ1v) is 22.6. The number of para-hydroxylation sites is 1. The lowest BCUT2D eigenvalue weighted by Crippen LogP contribution is -2.47. The van der Waals surface area contributed by atoms with Gasteiger partial charge < -0.3 is 14.7 Å². The van der Waals surface area contributed by atoms with Gasteiger partial charge in [-0.1, -0.05) is 54.8 Å². The standard InChI is InChI=1S/C44H51ClF3N5O3S2/c1-4-35(30-57-42-13-9-8-12-41(42)50(2)3)53(40-23-22-37(58(49,55)56)28-39(40)44(46,47)48)43(54)32-16-20-36(21-17-32)52-26-24-51(25-27-52)29-33-10-6-5-7-11-38(33)31-14-18-34(45)19-15-31/h8-9,12-23,28,35H,4-7,10-11,24-27,29-30H2,1-3H3,(H2,49,55,56)/t35-/m1/s1. The number of carbonyl (C=O) groups excluding carboxylic acids is 1. The van der Waals surface area contributed by atoms with E-state index < -0.39 is 44.3 Å². The van der Waals surface area contributed by atoms with Gasteiger partial charge in [0.2, 0.25) is 10.0 Å². The molecule has 0 radical (unpaired) electrons. The van der Waals surface area contributed by atoms with Crippen LogP contribution in [0, 0.1) is 0 Å². The molecule has 1 aliphatic heterocycles. The maximum absolute atomic E-state index is 14.7.